The van der Waals surface area contributed by atoms with E-state index in [1.54, 1.807) is 13.2 Å². The van der Waals surface area contributed by atoms with Crippen LogP contribution in [0.3, 0.4) is 0 Å². The van der Waals surface area contributed by atoms with Gasteiger partial charge in [-0.2, -0.15) is 0 Å². The Bertz CT molecular complexity index is 256. The van der Waals surface area contributed by atoms with E-state index in [0.717, 1.165) is 12.4 Å². The highest BCUT2D eigenvalue weighted by Gasteiger charge is 1.98. The molecule has 71 valence electrons. The van der Waals surface area contributed by atoms with Crippen molar-refractivity contribution in [1.29, 1.82) is 0 Å². The van der Waals surface area contributed by atoms with Crippen LogP contribution < -0.4 is 9.47 Å². The molecule has 0 heterocycles. The monoisotopic (exact) mass is 179 g/mol. The molecule has 0 fully saturated rings. The fraction of sp³-hybridized carbons (Fsp3) is 0.455. The molecule has 2 heteroatoms. The largest absolute Gasteiger partial charge is 0.496 e. The SMILES string of the molecule is COc1[c]ccc(OCC(C)C)c1. The van der Waals surface area contributed by atoms with Crippen molar-refractivity contribution in [2.75, 3.05) is 13.7 Å². The van der Waals surface area contributed by atoms with Crippen LogP contribution in [0.2, 0.25) is 0 Å². The Hall–Kier alpha value is -1.18. The first-order valence-corrected chi connectivity index (χ1v) is 4.41. The van der Waals surface area contributed by atoms with E-state index in [1.807, 2.05) is 12.1 Å². The van der Waals surface area contributed by atoms with Crippen molar-refractivity contribution in [2.45, 2.75) is 13.8 Å². The van der Waals surface area contributed by atoms with Crippen molar-refractivity contribution in [2.24, 2.45) is 5.92 Å². The van der Waals surface area contributed by atoms with E-state index < -0.39 is 0 Å². The Morgan fingerprint density at radius 2 is 2.23 bits per heavy atom. The van der Waals surface area contributed by atoms with E-state index in [0.29, 0.717) is 11.7 Å². The summed E-state index contributed by atoms with van der Waals surface area (Å²) >= 11 is 0. The Morgan fingerprint density at radius 1 is 1.46 bits per heavy atom. The van der Waals surface area contributed by atoms with Gasteiger partial charge in [0, 0.05) is 12.1 Å². The molecule has 0 saturated heterocycles. The summed E-state index contributed by atoms with van der Waals surface area (Å²) in [4.78, 5) is 0. The molecule has 0 N–H and O–H groups in total. The van der Waals surface area contributed by atoms with E-state index in [-0.39, 0.29) is 0 Å². The van der Waals surface area contributed by atoms with Crippen LogP contribution in [0.15, 0.2) is 18.2 Å². The molecular weight excluding hydrogens is 164 g/mol. The number of ether oxygens (including phenoxy) is 2. The van der Waals surface area contributed by atoms with Crippen molar-refractivity contribution < 1.29 is 9.47 Å². The molecule has 0 saturated carbocycles. The van der Waals surface area contributed by atoms with Gasteiger partial charge < -0.3 is 9.47 Å². The molecule has 0 amide bonds. The maximum Gasteiger partial charge on any atom is 0.130 e. The highest BCUT2D eigenvalue weighted by Crippen LogP contribution is 2.18. The van der Waals surface area contributed by atoms with Gasteiger partial charge >= 0.3 is 0 Å². The van der Waals surface area contributed by atoms with Crippen LogP contribution in [-0.4, -0.2) is 13.7 Å². The lowest BCUT2D eigenvalue weighted by atomic mass is 10.2. The molecule has 13 heavy (non-hydrogen) atoms. The summed E-state index contributed by atoms with van der Waals surface area (Å²) in [5.41, 5.74) is 0. The van der Waals surface area contributed by atoms with Gasteiger partial charge in [-0.3, -0.25) is 0 Å². The first-order chi connectivity index (χ1) is 6.22. The molecule has 1 aromatic carbocycles. The second-order valence-electron chi connectivity index (χ2n) is 3.30. The lowest BCUT2D eigenvalue weighted by Crippen LogP contribution is -2.04. The highest BCUT2D eigenvalue weighted by molar-refractivity contribution is 5.31. The third-order valence-electron chi connectivity index (χ3n) is 1.55. The maximum absolute atomic E-state index is 5.51. The van der Waals surface area contributed by atoms with Crippen LogP contribution in [0.1, 0.15) is 13.8 Å². The second kappa shape index (κ2) is 4.75. The Balaban J connectivity index is 2.56. The minimum Gasteiger partial charge on any atom is -0.496 e. The molecule has 0 unspecified atom stereocenters. The summed E-state index contributed by atoms with van der Waals surface area (Å²) in [5.74, 6) is 2.08. The lowest BCUT2D eigenvalue weighted by Gasteiger charge is -2.09. The minimum atomic E-state index is 0.537. The molecule has 2 nitrogen and oxygen atoms in total. The van der Waals surface area contributed by atoms with Crippen LogP contribution in [0.4, 0.5) is 0 Å². The Kier molecular flexibility index (Phi) is 3.62. The van der Waals surface area contributed by atoms with Crippen molar-refractivity contribution in [3.05, 3.63) is 24.3 Å². The zero-order valence-electron chi connectivity index (χ0n) is 8.33. The zero-order valence-corrected chi connectivity index (χ0v) is 8.33. The number of methoxy groups -OCH3 is 1. The van der Waals surface area contributed by atoms with Crippen LogP contribution in [0.25, 0.3) is 0 Å². The molecule has 0 aromatic heterocycles. The fourth-order valence-electron chi connectivity index (χ4n) is 0.895. The minimum absolute atomic E-state index is 0.537. The third kappa shape index (κ3) is 3.36. The predicted molar refractivity (Wildman–Crippen MR) is 52.2 cm³/mol. The summed E-state index contributed by atoms with van der Waals surface area (Å²) in [6.45, 7) is 4.96. The van der Waals surface area contributed by atoms with Gasteiger partial charge in [0.2, 0.25) is 0 Å². The zero-order chi connectivity index (χ0) is 9.68. The van der Waals surface area contributed by atoms with E-state index in [2.05, 4.69) is 19.9 Å². The summed E-state index contributed by atoms with van der Waals surface area (Å²) in [7, 11) is 1.62. The number of hydrogen-bond acceptors (Lipinski definition) is 2. The van der Waals surface area contributed by atoms with Gasteiger partial charge in [-0.25, -0.2) is 0 Å². The van der Waals surface area contributed by atoms with Crippen molar-refractivity contribution in [3.63, 3.8) is 0 Å². The van der Waals surface area contributed by atoms with Gasteiger partial charge in [0.1, 0.15) is 11.5 Å². The van der Waals surface area contributed by atoms with Crippen molar-refractivity contribution in [1.82, 2.24) is 0 Å². The molecule has 0 spiro atoms. The van der Waals surface area contributed by atoms with Gasteiger partial charge in [0.25, 0.3) is 0 Å². The van der Waals surface area contributed by atoms with Gasteiger partial charge in [-0.15, -0.1) is 0 Å². The summed E-state index contributed by atoms with van der Waals surface area (Å²) < 4.78 is 10.5. The summed E-state index contributed by atoms with van der Waals surface area (Å²) in [5, 5.41) is 0. The van der Waals surface area contributed by atoms with Gasteiger partial charge in [-0.1, -0.05) is 13.8 Å². The first kappa shape index (κ1) is 9.90. The molecule has 0 aliphatic rings. The average molecular weight is 179 g/mol. The molecular formula is C11H15O2. The topological polar surface area (TPSA) is 18.5 Å². The molecule has 0 aliphatic heterocycles. The molecule has 0 bridgehead atoms. The second-order valence-corrected chi connectivity index (χ2v) is 3.30. The quantitative estimate of drug-likeness (QED) is 0.707. The van der Waals surface area contributed by atoms with E-state index >= 15 is 0 Å². The number of rotatable bonds is 4. The number of hydrogen-bond donors (Lipinski definition) is 0. The molecule has 0 aliphatic carbocycles. The van der Waals surface area contributed by atoms with Crippen LogP contribution >= 0.6 is 0 Å². The average Bonchev–Trinajstić information content (AvgIpc) is 2.15. The van der Waals surface area contributed by atoms with Crippen LogP contribution in [-0.2, 0) is 0 Å². The van der Waals surface area contributed by atoms with Crippen molar-refractivity contribution >= 4 is 0 Å². The van der Waals surface area contributed by atoms with E-state index in [4.69, 9.17) is 9.47 Å². The van der Waals surface area contributed by atoms with E-state index in [1.165, 1.54) is 0 Å². The highest BCUT2D eigenvalue weighted by atomic mass is 16.5. The molecule has 1 aromatic rings. The molecule has 1 radical (unpaired) electrons. The van der Waals surface area contributed by atoms with Gasteiger partial charge in [0.05, 0.1) is 13.7 Å². The van der Waals surface area contributed by atoms with Gasteiger partial charge in [-0.05, 0) is 18.1 Å². The standard InChI is InChI=1S/C11H15O2/c1-9(2)8-13-11-6-4-5-10(7-11)12-3/h4,6-7,9H,8H2,1-3H3. The summed E-state index contributed by atoms with van der Waals surface area (Å²) in [6.07, 6.45) is 0. The molecule has 1 rings (SSSR count). The predicted octanol–water partition coefficient (Wildman–Crippen LogP) is 2.53. The van der Waals surface area contributed by atoms with Gasteiger partial charge in [0.15, 0.2) is 0 Å². The van der Waals surface area contributed by atoms with Crippen molar-refractivity contribution in [3.8, 4) is 11.5 Å². The smallest absolute Gasteiger partial charge is 0.130 e. The third-order valence-corrected chi connectivity index (χ3v) is 1.55. The van der Waals surface area contributed by atoms with E-state index in [9.17, 15) is 0 Å². The first-order valence-electron chi connectivity index (χ1n) is 4.41. The van der Waals surface area contributed by atoms with Crippen LogP contribution in [0.5, 0.6) is 11.5 Å². The lowest BCUT2D eigenvalue weighted by molar-refractivity contribution is 0.269. The maximum atomic E-state index is 5.51. The Labute approximate surface area is 79.5 Å². The number of benzene rings is 1. The fourth-order valence-corrected chi connectivity index (χ4v) is 0.895. The summed E-state index contributed by atoms with van der Waals surface area (Å²) in [6, 6.07) is 8.46. The van der Waals surface area contributed by atoms with Crippen LogP contribution in [0, 0.1) is 12.0 Å². The normalized spacial score (nSPS) is 10.2. The molecule has 0 atom stereocenters. The Morgan fingerprint density at radius 3 is 2.85 bits per heavy atom.